The Morgan fingerprint density at radius 2 is 2.00 bits per heavy atom. The summed E-state index contributed by atoms with van der Waals surface area (Å²) in [6, 6.07) is 4.64. The van der Waals surface area contributed by atoms with E-state index in [0.717, 1.165) is 17.3 Å². The van der Waals surface area contributed by atoms with Gasteiger partial charge in [0.2, 0.25) is 0 Å². The number of nitrogens with one attached hydrogen (secondary N) is 1. The Morgan fingerprint density at radius 3 is 2.80 bits per heavy atom. The molecule has 0 spiro atoms. The normalized spacial score (nSPS) is 20.2. The molecule has 2 aromatic heterocycles. The molecule has 0 bridgehead atoms. The molecule has 0 amide bonds. The highest BCUT2D eigenvalue weighted by Gasteiger charge is 2.24. The SMILES string of the molecule is Clc1sccc1C1NCCc2sccc21. The van der Waals surface area contributed by atoms with Crippen LogP contribution in [-0.2, 0) is 6.42 Å². The maximum Gasteiger partial charge on any atom is 0.0979 e. The maximum atomic E-state index is 6.19. The standard InChI is InChI=1S/C11H10ClNS2/c12-11-8(3-6-15-11)10-7-2-5-14-9(7)1-4-13-10/h2-3,5-6,10,13H,1,4H2. The van der Waals surface area contributed by atoms with Gasteiger partial charge in [0.1, 0.15) is 0 Å². The van der Waals surface area contributed by atoms with Gasteiger partial charge in [0, 0.05) is 17.0 Å². The molecule has 15 heavy (non-hydrogen) atoms. The van der Waals surface area contributed by atoms with E-state index in [1.165, 1.54) is 16.0 Å². The summed E-state index contributed by atoms with van der Waals surface area (Å²) in [6.07, 6.45) is 1.14. The van der Waals surface area contributed by atoms with Crippen molar-refractivity contribution in [3.63, 3.8) is 0 Å². The smallest absolute Gasteiger partial charge is 0.0979 e. The first-order chi connectivity index (χ1) is 7.36. The van der Waals surface area contributed by atoms with Gasteiger partial charge in [0.15, 0.2) is 0 Å². The zero-order valence-electron chi connectivity index (χ0n) is 8.00. The van der Waals surface area contributed by atoms with Crippen molar-refractivity contribution < 1.29 is 0 Å². The highest BCUT2D eigenvalue weighted by atomic mass is 35.5. The van der Waals surface area contributed by atoms with Crippen molar-refractivity contribution in [3.05, 3.63) is 43.2 Å². The monoisotopic (exact) mass is 255 g/mol. The average molecular weight is 256 g/mol. The Labute approximate surface area is 102 Å². The van der Waals surface area contributed by atoms with Crippen molar-refractivity contribution in [2.24, 2.45) is 0 Å². The molecule has 0 radical (unpaired) electrons. The van der Waals surface area contributed by atoms with Gasteiger partial charge in [-0.1, -0.05) is 11.6 Å². The van der Waals surface area contributed by atoms with Crippen molar-refractivity contribution in [1.29, 1.82) is 0 Å². The molecule has 4 heteroatoms. The lowest BCUT2D eigenvalue weighted by molar-refractivity contribution is 0.576. The Balaban J connectivity index is 2.07. The fourth-order valence-electron chi connectivity index (χ4n) is 2.04. The lowest BCUT2D eigenvalue weighted by Crippen LogP contribution is -2.29. The van der Waals surface area contributed by atoms with Gasteiger partial charge in [-0.15, -0.1) is 22.7 Å². The lowest BCUT2D eigenvalue weighted by Gasteiger charge is -2.24. The van der Waals surface area contributed by atoms with Crippen LogP contribution < -0.4 is 5.32 Å². The molecule has 0 saturated heterocycles. The fourth-order valence-corrected chi connectivity index (χ4v) is 3.94. The van der Waals surface area contributed by atoms with Crippen LogP contribution >= 0.6 is 34.3 Å². The van der Waals surface area contributed by atoms with E-state index >= 15 is 0 Å². The molecule has 1 aliphatic heterocycles. The highest BCUT2D eigenvalue weighted by molar-refractivity contribution is 7.14. The van der Waals surface area contributed by atoms with Crippen LogP contribution in [0.5, 0.6) is 0 Å². The number of thiophene rings is 2. The van der Waals surface area contributed by atoms with Crippen molar-refractivity contribution in [3.8, 4) is 0 Å². The Kier molecular flexibility index (Phi) is 2.56. The average Bonchev–Trinajstić information content (AvgIpc) is 2.85. The van der Waals surface area contributed by atoms with E-state index in [1.807, 2.05) is 11.3 Å². The van der Waals surface area contributed by atoms with E-state index in [9.17, 15) is 0 Å². The number of fused-ring (bicyclic) bond motifs is 1. The first kappa shape index (κ1) is 9.85. The molecule has 0 aromatic carbocycles. The van der Waals surface area contributed by atoms with Gasteiger partial charge in [-0.05, 0) is 34.9 Å². The highest BCUT2D eigenvalue weighted by Crippen LogP contribution is 2.37. The van der Waals surface area contributed by atoms with E-state index in [2.05, 4.69) is 28.2 Å². The number of halogens is 1. The molecule has 1 nitrogen and oxygen atoms in total. The zero-order chi connectivity index (χ0) is 10.3. The second-order valence-corrected chi connectivity index (χ2v) is 6.10. The molecule has 78 valence electrons. The summed E-state index contributed by atoms with van der Waals surface area (Å²) >= 11 is 9.65. The van der Waals surface area contributed by atoms with Crippen LogP contribution in [0.3, 0.4) is 0 Å². The van der Waals surface area contributed by atoms with E-state index in [4.69, 9.17) is 11.6 Å². The van der Waals surface area contributed by atoms with Crippen molar-refractivity contribution in [2.75, 3.05) is 6.54 Å². The minimum Gasteiger partial charge on any atom is -0.306 e. The van der Waals surface area contributed by atoms with Gasteiger partial charge in [-0.25, -0.2) is 0 Å². The lowest BCUT2D eigenvalue weighted by atomic mass is 9.98. The van der Waals surface area contributed by atoms with Crippen LogP contribution in [0.15, 0.2) is 22.9 Å². The zero-order valence-corrected chi connectivity index (χ0v) is 10.4. The predicted octanol–water partition coefficient (Wildman–Crippen LogP) is 3.70. The quantitative estimate of drug-likeness (QED) is 0.819. The maximum absolute atomic E-state index is 6.19. The molecular weight excluding hydrogens is 246 g/mol. The summed E-state index contributed by atoms with van der Waals surface area (Å²) < 4.78 is 0.909. The molecule has 0 saturated carbocycles. The van der Waals surface area contributed by atoms with Crippen LogP contribution in [0.25, 0.3) is 0 Å². The number of hydrogen-bond acceptors (Lipinski definition) is 3. The largest absolute Gasteiger partial charge is 0.306 e. The van der Waals surface area contributed by atoms with Gasteiger partial charge in [0.25, 0.3) is 0 Å². The van der Waals surface area contributed by atoms with Crippen molar-refractivity contribution in [1.82, 2.24) is 5.32 Å². The van der Waals surface area contributed by atoms with E-state index in [-0.39, 0.29) is 0 Å². The number of hydrogen-bond donors (Lipinski definition) is 1. The van der Waals surface area contributed by atoms with Gasteiger partial charge in [0.05, 0.1) is 10.4 Å². The summed E-state index contributed by atoms with van der Waals surface area (Å²) in [5.41, 5.74) is 2.63. The van der Waals surface area contributed by atoms with Gasteiger partial charge in [-0.2, -0.15) is 0 Å². The fraction of sp³-hybridized carbons (Fsp3) is 0.273. The van der Waals surface area contributed by atoms with Gasteiger partial charge >= 0.3 is 0 Å². The third-order valence-electron chi connectivity index (χ3n) is 2.75. The van der Waals surface area contributed by atoms with Crippen molar-refractivity contribution in [2.45, 2.75) is 12.5 Å². The van der Waals surface area contributed by atoms with Crippen LogP contribution in [0.2, 0.25) is 4.34 Å². The third-order valence-corrected chi connectivity index (χ3v) is 4.95. The third kappa shape index (κ3) is 1.64. The summed E-state index contributed by atoms with van der Waals surface area (Å²) in [4.78, 5) is 1.50. The molecule has 1 aliphatic rings. The first-order valence-corrected chi connectivity index (χ1v) is 7.02. The molecule has 1 atom stereocenters. The Morgan fingerprint density at radius 1 is 1.20 bits per heavy atom. The summed E-state index contributed by atoms with van der Waals surface area (Å²) in [7, 11) is 0. The van der Waals surface area contributed by atoms with Crippen LogP contribution in [-0.4, -0.2) is 6.54 Å². The Bertz CT molecular complexity index is 474. The topological polar surface area (TPSA) is 12.0 Å². The first-order valence-electron chi connectivity index (χ1n) is 4.89. The van der Waals surface area contributed by atoms with Crippen LogP contribution in [0.1, 0.15) is 22.0 Å². The minimum atomic E-state index is 0.304. The molecule has 0 aliphatic carbocycles. The Hall–Kier alpha value is -0.350. The van der Waals surface area contributed by atoms with Crippen LogP contribution in [0.4, 0.5) is 0 Å². The second-order valence-electron chi connectivity index (χ2n) is 3.59. The summed E-state index contributed by atoms with van der Waals surface area (Å²) in [6.45, 7) is 1.05. The van der Waals surface area contributed by atoms with Crippen LogP contribution in [0, 0.1) is 0 Å². The van der Waals surface area contributed by atoms with E-state index in [1.54, 1.807) is 11.3 Å². The number of rotatable bonds is 1. The summed E-state index contributed by atoms with van der Waals surface area (Å²) in [5, 5.41) is 7.76. The molecular formula is C11H10ClNS2. The molecule has 0 fully saturated rings. The molecule has 2 aromatic rings. The molecule has 3 heterocycles. The van der Waals surface area contributed by atoms with E-state index in [0.29, 0.717) is 6.04 Å². The molecule has 3 rings (SSSR count). The molecule has 1 N–H and O–H groups in total. The summed E-state index contributed by atoms with van der Waals surface area (Å²) in [5.74, 6) is 0. The predicted molar refractivity (Wildman–Crippen MR) is 67.2 cm³/mol. The van der Waals surface area contributed by atoms with Gasteiger partial charge in [-0.3, -0.25) is 0 Å². The molecule has 1 unspecified atom stereocenters. The van der Waals surface area contributed by atoms with E-state index < -0.39 is 0 Å². The van der Waals surface area contributed by atoms with Gasteiger partial charge < -0.3 is 5.32 Å². The second kappa shape index (κ2) is 3.91. The minimum absolute atomic E-state index is 0.304. The van der Waals surface area contributed by atoms with Crippen molar-refractivity contribution >= 4 is 34.3 Å².